The van der Waals surface area contributed by atoms with Gasteiger partial charge in [0.25, 0.3) is 5.56 Å². The van der Waals surface area contributed by atoms with E-state index in [1.54, 1.807) is 24.5 Å². The second-order valence-electron chi connectivity index (χ2n) is 9.63. The minimum atomic E-state index is -0.617. The van der Waals surface area contributed by atoms with Crippen molar-refractivity contribution in [3.8, 4) is 11.5 Å². The van der Waals surface area contributed by atoms with Crippen LogP contribution in [0.1, 0.15) is 48.4 Å². The average molecular weight is 635 g/mol. The normalized spacial score (nSPS) is 14.7. The van der Waals surface area contributed by atoms with Crippen LogP contribution in [0, 0.1) is 0 Å². The first-order valence-corrected chi connectivity index (χ1v) is 15.9. The fraction of sp³-hybridized carbons (Fsp3) is 0.242. The summed E-state index contributed by atoms with van der Waals surface area (Å²) in [5.41, 5.74) is 3.16. The quantitative estimate of drug-likeness (QED) is 0.145. The molecule has 1 aliphatic rings. The molecule has 1 atom stereocenters. The molecule has 0 saturated heterocycles. The Kier molecular flexibility index (Phi) is 9.65. The molecule has 0 fully saturated rings. The number of halogens is 1. The van der Waals surface area contributed by atoms with Gasteiger partial charge in [0.05, 0.1) is 29.0 Å². The van der Waals surface area contributed by atoms with E-state index in [1.807, 2.05) is 66.9 Å². The van der Waals surface area contributed by atoms with E-state index in [-0.39, 0.29) is 18.8 Å². The minimum absolute atomic E-state index is 0.227. The van der Waals surface area contributed by atoms with Crippen LogP contribution >= 0.6 is 34.3 Å². The molecule has 5 rings (SSSR count). The highest BCUT2D eigenvalue weighted by Crippen LogP contribution is 2.36. The van der Waals surface area contributed by atoms with E-state index in [4.69, 9.17) is 25.8 Å². The van der Waals surface area contributed by atoms with Crippen molar-refractivity contribution in [3.05, 3.63) is 124 Å². The van der Waals surface area contributed by atoms with Crippen LogP contribution in [0.15, 0.2) is 87.6 Å². The van der Waals surface area contributed by atoms with Gasteiger partial charge in [-0.1, -0.05) is 53.3 Å². The summed E-state index contributed by atoms with van der Waals surface area (Å²) in [6.45, 7) is 10.3. The first kappa shape index (κ1) is 30.5. The fourth-order valence-electron chi connectivity index (χ4n) is 4.92. The van der Waals surface area contributed by atoms with Crippen molar-refractivity contribution in [3.63, 3.8) is 0 Å². The molecule has 0 unspecified atom stereocenters. The summed E-state index contributed by atoms with van der Waals surface area (Å²) in [6.07, 6.45) is 4.15. The highest BCUT2D eigenvalue weighted by Gasteiger charge is 2.34. The van der Waals surface area contributed by atoms with E-state index in [0.29, 0.717) is 50.2 Å². The number of carbonyl (C=O) groups is 1. The molecule has 0 saturated carbocycles. The van der Waals surface area contributed by atoms with Crippen molar-refractivity contribution in [2.24, 2.45) is 4.99 Å². The molecule has 2 aromatic heterocycles. The Bertz CT molecular complexity index is 1870. The summed E-state index contributed by atoms with van der Waals surface area (Å²) >= 11 is 9.12. The van der Waals surface area contributed by atoms with Crippen molar-refractivity contribution >= 4 is 46.3 Å². The molecule has 0 aliphatic carbocycles. The van der Waals surface area contributed by atoms with Crippen molar-refractivity contribution in [1.82, 2.24) is 4.57 Å². The largest absolute Gasteiger partial charge is 0.490 e. The highest BCUT2D eigenvalue weighted by molar-refractivity contribution is 7.10. The second-order valence-corrected chi connectivity index (χ2v) is 12.0. The number of rotatable bonds is 11. The summed E-state index contributed by atoms with van der Waals surface area (Å²) < 4.78 is 19.7. The molecule has 0 amide bonds. The summed E-state index contributed by atoms with van der Waals surface area (Å²) in [4.78, 5) is 33.0. The van der Waals surface area contributed by atoms with E-state index in [0.717, 1.165) is 21.6 Å². The van der Waals surface area contributed by atoms with E-state index < -0.39 is 12.0 Å². The lowest BCUT2D eigenvalue weighted by Gasteiger charge is -2.23. The van der Waals surface area contributed by atoms with E-state index in [2.05, 4.69) is 11.6 Å². The molecule has 4 aromatic rings. The number of thiazole rings is 1. The number of thiophene rings is 1. The molecule has 3 heterocycles. The Morgan fingerprint density at radius 2 is 1.93 bits per heavy atom. The third-order valence-electron chi connectivity index (χ3n) is 6.78. The topological polar surface area (TPSA) is 79.1 Å². The number of benzene rings is 2. The standard InChI is InChI=1S/C33H31ClN2O5S2/c1-5-11-22-16-21(17-25(39-6-2)30(22)41-19-23-12-8-9-13-24(23)34)18-27-31(37)36-29(26-14-10-15-42-26)28(32(38)40-7-3)20(4)35-33(36)43-27/h5,8-10,12-18,29H,1,6-7,11,19H2,2-4H3/b27-18+/t29-/m0/s1. The van der Waals surface area contributed by atoms with Crippen LogP contribution in [0.3, 0.4) is 0 Å². The molecule has 0 bridgehead atoms. The number of allylic oxidation sites excluding steroid dienone is 2. The molecule has 0 radical (unpaired) electrons. The Labute approximate surface area is 262 Å². The maximum Gasteiger partial charge on any atom is 0.338 e. The fourth-order valence-corrected chi connectivity index (χ4v) is 6.99. The predicted molar refractivity (Wildman–Crippen MR) is 172 cm³/mol. The molecule has 0 N–H and O–H groups in total. The zero-order chi connectivity index (χ0) is 30.5. The lowest BCUT2D eigenvalue weighted by molar-refractivity contribution is -0.139. The van der Waals surface area contributed by atoms with Gasteiger partial charge in [-0.15, -0.1) is 17.9 Å². The molecule has 2 aromatic carbocycles. The van der Waals surface area contributed by atoms with Gasteiger partial charge in [-0.25, -0.2) is 9.79 Å². The SMILES string of the molecule is C=CCc1cc(/C=c2/sc3n(c2=O)[C@@H](c2cccs2)C(C(=O)OCC)=C(C)N=3)cc(OCC)c1OCc1ccccc1Cl. The zero-order valence-electron chi connectivity index (χ0n) is 24.1. The van der Waals surface area contributed by atoms with Crippen LogP contribution in [0.2, 0.25) is 5.02 Å². The second kappa shape index (κ2) is 13.6. The van der Waals surface area contributed by atoms with Crippen LogP contribution in [0.25, 0.3) is 6.08 Å². The number of nitrogens with zero attached hydrogens (tertiary/aromatic N) is 2. The van der Waals surface area contributed by atoms with Crippen molar-refractivity contribution < 1.29 is 19.0 Å². The average Bonchev–Trinajstić information content (AvgIpc) is 3.62. The molecule has 43 heavy (non-hydrogen) atoms. The van der Waals surface area contributed by atoms with Crippen molar-refractivity contribution in [2.75, 3.05) is 13.2 Å². The Morgan fingerprint density at radius 1 is 1.12 bits per heavy atom. The van der Waals surface area contributed by atoms with Crippen molar-refractivity contribution in [2.45, 2.75) is 39.8 Å². The van der Waals surface area contributed by atoms with Gasteiger partial charge >= 0.3 is 5.97 Å². The van der Waals surface area contributed by atoms with Crippen LogP contribution in [-0.4, -0.2) is 23.8 Å². The van der Waals surface area contributed by atoms with Gasteiger partial charge in [-0.2, -0.15) is 0 Å². The molecule has 222 valence electrons. The summed E-state index contributed by atoms with van der Waals surface area (Å²) in [6, 6.07) is 14.6. The molecular weight excluding hydrogens is 604 g/mol. The van der Waals surface area contributed by atoms with Gasteiger partial charge in [0.15, 0.2) is 16.3 Å². The lowest BCUT2D eigenvalue weighted by Crippen LogP contribution is -2.39. The van der Waals surface area contributed by atoms with Gasteiger partial charge in [-0.05, 0) is 68.5 Å². The molecule has 7 nitrogen and oxygen atoms in total. The van der Waals surface area contributed by atoms with E-state index in [9.17, 15) is 9.59 Å². The third kappa shape index (κ3) is 6.39. The number of carbonyl (C=O) groups excluding carboxylic acids is 1. The van der Waals surface area contributed by atoms with Crippen molar-refractivity contribution in [1.29, 1.82) is 0 Å². The smallest absolute Gasteiger partial charge is 0.338 e. The van der Waals surface area contributed by atoms with Gasteiger partial charge < -0.3 is 14.2 Å². The number of fused-ring (bicyclic) bond motifs is 1. The number of aromatic nitrogens is 1. The van der Waals surface area contributed by atoms with Gasteiger partial charge in [0.2, 0.25) is 0 Å². The highest BCUT2D eigenvalue weighted by atomic mass is 35.5. The number of hydrogen-bond donors (Lipinski definition) is 0. The Hall–Kier alpha value is -3.92. The monoisotopic (exact) mass is 634 g/mol. The molecule has 0 spiro atoms. The van der Waals surface area contributed by atoms with Crippen LogP contribution in [0.4, 0.5) is 0 Å². The first-order valence-electron chi connectivity index (χ1n) is 13.9. The van der Waals surface area contributed by atoms with E-state index >= 15 is 0 Å². The molecular formula is C33H31ClN2O5S2. The van der Waals surface area contributed by atoms with Crippen LogP contribution in [-0.2, 0) is 22.6 Å². The van der Waals surface area contributed by atoms with Gasteiger partial charge in [0, 0.05) is 21.0 Å². The van der Waals surface area contributed by atoms with Crippen LogP contribution in [0.5, 0.6) is 11.5 Å². The summed E-state index contributed by atoms with van der Waals surface area (Å²) in [5, 5.41) is 2.55. The Morgan fingerprint density at radius 3 is 2.63 bits per heavy atom. The third-order valence-corrected chi connectivity index (χ3v) is 9.05. The van der Waals surface area contributed by atoms with Gasteiger partial charge in [0.1, 0.15) is 12.6 Å². The lowest BCUT2D eigenvalue weighted by atomic mass is 10.0. The number of esters is 1. The Balaban J connectivity index is 1.61. The predicted octanol–water partition coefficient (Wildman–Crippen LogP) is 6.22. The summed E-state index contributed by atoms with van der Waals surface area (Å²) in [5.74, 6) is 0.691. The first-order chi connectivity index (χ1) is 20.9. The van der Waals surface area contributed by atoms with Crippen LogP contribution < -0.4 is 24.4 Å². The maximum atomic E-state index is 14.0. The zero-order valence-corrected chi connectivity index (χ0v) is 26.5. The number of ether oxygens (including phenoxy) is 3. The number of hydrogen-bond acceptors (Lipinski definition) is 8. The molecule has 10 heteroatoms. The van der Waals surface area contributed by atoms with E-state index in [1.165, 1.54) is 22.7 Å². The summed E-state index contributed by atoms with van der Waals surface area (Å²) in [7, 11) is 0. The maximum absolute atomic E-state index is 14.0. The van der Waals surface area contributed by atoms with Gasteiger partial charge in [-0.3, -0.25) is 9.36 Å². The molecule has 1 aliphatic heterocycles. The minimum Gasteiger partial charge on any atom is -0.490 e.